The molecule has 0 heterocycles. The standard InChI is InChI=1S/C51H90O6/c1-4-7-10-13-16-19-22-24-26-28-29-32-35-38-41-44-50(53)56-47-48(46-55-49(52)43-40-37-34-31-21-18-15-12-9-6-3)57-51(54)45-42-39-36-33-30-27-25-23-20-17-14-11-8-5-2/h8,11,16-17,19-20,22,24,48H,4-7,9-10,12-15,18,21,23,25-47H2,1-3H3/b11-8-,19-16-,20-17-,24-22-. The molecule has 0 radical (unpaired) electrons. The molecule has 330 valence electrons. The van der Waals surface area contributed by atoms with E-state index in [0.717, 1.165) is 83.5 Å². The molecule has 0 bridgehead atoms. The van der Waals surface area contributed by atoms with Gasteiger partial charge in [-0.05, 0) is 70.6 Å². The number of ether oxygens (including phenoxy) is 3. The predicted octanol–water partition coefficient (Wildman–Crippen LogP) is 15.5. The Balaban J connectivity index is 4.38. The van der Waals surface area contributed by atoms with Gasteiger partial charge in [0.05, 0.1) is 0 Å². The number of hydrogen-bond acceptors (Lipinski definition) is 6. The van der Waals surface area contributed by atoms with Gasteiger partial charge in [0, 0.05) is 19.3 Å². The fourth-order valence-electron chi connectivity index (χ4n) is 6.71. The highest BCUT2D eigenvalue weighted by Crippen LogP contribution is 2.14. The molecule has 0 aliphatic rings. The van der Waals surface area contributed by atoms with E-state index in [-0.39, 0.29) is 31.1 Å². The van der Waals surface area contributed by atoms with Crippen LogP contribution in [0.25, 0.3) is 0 Å². The molecule has 0 fully saturated rings. The summed E-state index contributed by atoms with van der Waals surface area (Å²) in [6.07, 6.45) is 53.7. The minimum absolute atomic E-state index is 0.0787. The van der Waals surface area contributed by atoms with Gasteiger partial charge in [-0.1, -0.05) is 198 Å². The number of unbranched alkanes of at least 4 members (excludes halogenated alkanes) is 25. The minimum atomic E-state index is -0.777. The Labute approximate surface area is 352 Å². The molecule has 0 aromatic heterocycles. The molecule has 0 aliphatic carbocycles. The van der Waals surface area contributed by atoms with E-state index in [1.807, 2.05) is 0 Å². The Morgan fingerprint density at radius 2 is 0.737 bits per heavy atom. The molecule has 0 amide bonds. The Morgan fingerprint density at radius 3 is 1.19 bits per heavy atom. The summed E-state index contributed by atoms with van der Waals surface area (Å²) in [5, 5.41) is 0. The number of rotatable bonds is 43. The Morgan fingerprint density at radius 1 is 0.386 bits per heavy atom. The maximum atomic E-state index is 12.7. The normalized spacial score (nSPS) is 12.4. The summed E-state index contributed by atoms with van der Waals surface area (Å²) in [5.41, 5.74) is 0. The molecular formula is C51H90O6. The quantitative estimate of drug-likeness (QED) is 0.0201. The van der Waals surface area contributed by atoms with Crippen molar-refractivity contribution < 1.29 is 28.6 Å². The molecule has 57 heavy (non-hydrogen) atoms. The molecule has 0 N–H and O–H groups in total. The lowest BCUT2D eigenvalue weighted by molar-refractivity contribution is -0.167. The summed E-state index contributed by atoms with van der Waals surface area (Å²) in [6.45, 7) is 6.47. The summed E-state index contributed by atoms with van der Waals surface area (Å²) >= 11 is 0. The number of carbonyl (C=O) groups excluding carboxylic acids is 3. The molecule has 0 aliphatic heterocycles. The van der Waals surface area contributed by atoms with Crippen molar-refractivity contribution >= 4 is 17.9 Å². The van der Waals surface area contributed by atoms with E-state index < -0.39 is 6.10 Å². The second kappa shape index (κ2) is 46.1. The van der Waals surface area contributed by atoms with Crippen LogP contribution in [0, 0.1) is 0 Å². The van der Waals surface area contributed by atoms with Crippen LogP contribution in [-0.2, 0) is 28.6 Å². The third kappa shape index (κ3) is 44.3. The first kappa shape index (κ1) is 54.4. The van der Waals surface area contributed by atoms with Gasteiger partial charge < -0.3 is 14.2 Å². The van der Waals surface area contributed by atoms with Crippen LogP contribution in [0.5, 0.6) is 0 Å². The van der Waals surface area contributed by atoms with Crippen LogP contribution in [0.3, 0.4) is 0 Å². The van der Waals surface area contributed by atoms with Crippen molar-refractivity contribution in [1.82, 2.24) is 0 Å². The van der Waals surface area contributed by atoms with Crippen LogP contribution < -0.4 is 0 Å². The van der Waals surface area contributed by atoms with Crippen molar-refractivity contribution in [3.8, 4) is 0 Å². The topological polar surface area (TPSA) is 78.9 Å². The average molecular weight is 799 g/mol. The third-order valence-corrected chi connectivity index (χ3v) is 10.3. The summed E-state index contributed by atoms with van der Waals surface area (Å²) in [5.74, 6) is -0.898. The molecule has 0 rings (SSSR count). The van der Waals surface area contributed by atoms with Crippen molar-refractivity contribution in [3.05, 3.63) is 48.6 Å². The number of hydrogen-bond donors (Lipinski definition) is 0. The first-order valence-electron chi connectivity index (χ1n) is 24.2. The second-order valence-corrected chi connectivity index (χ2v) is 16.0. The number of esters is 3. The molecule has 1 atom stereocenters. The zero-order valence-corrected chi connectivity index (χ0v) is 37.6. The maximum Gasteiger partial charge on any atom is 0.306 e. The molecule has 1 unspecified atom stereocenters. The highest BCUT2D eigenvalue weighted by Gasteiger charge is 2.19. The van der Waals surface area contributed by atoms with E-state index in [0.29, 0.717) is 19.3 Å². The monoisotopic (exact) mass is 799 g/mol. The van der Waals surface area contributed by atoms with Crippen molar-refractivity contribution in [2.24, 2.45) is 0 Å². The van der Waals surface area contributed by atoms with Gasteiger partial charge in [0.25, 0.3) is 0 Å². The average Bonchev–Trinajstić information content (AvgIpc) is 3.21. The van der Waals surface area contributed by atoms with E-state index in [9.17, 15) is 14.4 Å². The number of allylic oxidation sites excluding steroid dienone is 8. The SMILES string of the molecule is CC/C=C\C/C=C\CCCCCCCCCC(=O)OC(COC(=O)CCCCCCCC/C=C\C=C/CCCCC)COC(=O)CCCCCCCCCCCC. The van der Waals surface area contributed by atoms with Crippen LogP contribution in [0.4, 0.5) is 0 Å². The van der Waals surface area contributed by atoms with Crippen LogP contribution in [0.15, 0.2) is 48.6 Å². The van der Waals surface area contributed by atoms with Crippen LogP contribution >= 0.6 is 0 Å². The van der Waals surface area contributed by atoms with Crippen molar-refractivity contribution in [2.75, 3.05) is 13.2 Å². The Kier molecular flexibility index (Phi) is 43.9. The van der Waals surface area contributed by atoms with Crippen molar-refractivity contribution in [1.29, 1.82) is 0 Å². The fourth-order valence-corrected chi connectivity index (χ4v) is 6.71. The summed E-state index contributed by atoms with van der Waals surface area (Å²) in [7, 11) is 0. The smallest absolute Gasteiger partial charge is 0.306 e. The lowest BCUT2D eigenvalue weighted by atomic mass is 10.1. The predicted molar refractivity (Wildman–Crippen MR) is 242 cm³/mol. The lowest BCUT2D eigenvalue weighted by Gasteiger charge is -2.18. The largest absolute Gasteiger partial charge is 0.462 e. The molecule has 0 aromatic rings. The van der Waals surface area contributed by atoms with Gasteiger partial charge in [0.1, 0.15) is 13.2 Å². The van der Waals surface area contributed by atoms with E-state index >= 15 is 0 Å². The zero-order valence-electron chi connectivity index (χ0n) is 37.6. The van der Waals surface area contributed by atoms with Gasteiger partial charge in [-0.25, -0.2) is 0 Å². The third-order valence-electron chi connectivity index (χ3n) is 10.3. The van der Waals surface area contributed by atoms with Crippen LogP contribution in [-0.4, -0.2) is 37.2 Å². The Bertz CT molecular complexity index is 1010. The first-order chi connectivity index (χ1) is 28.0. The van der Waals surface area contributed by atoms with Crippen LogP contribution in [0.1, 0.15) is 239 Å². The first-order valence-corrected chi connectivity index (χ1v) is 24.2. The lowest BCUT2D eigenvalue weighted by Crippen LogP contribution is -2.30. The summed E-state index contributed by atoms with van der Waals surface area (Å²) < 4.78 is 16.7. The molecule has 0 aromatic carbocycles. The van der Waals surface area contributed by atoms with Gasteiger partial charge >= 0.3 is 17.9 Å². The molecular weight excluding hydrogens is 709 g/mol. The van der Waals surface area contributed by atoms with Gasteiger partial charge in [0.15, 0.2) is 6.10 Å². The van der Waals surface area contributed by atoms with Gasteiger partial charge in [-0.15, -0.1) is 0 Å². The Hall–Kier alpha value is -2.63. The van der Waals surface area contributed by atoms with E-state index in [1.165, 1.54) is 116 Å². The minimum Gasteiger partial charge on any atom is -0.462 e. The molecule has 0 saturated carbocycles. The number of carbonyl (C=O) groups is 3. The van der Waals surface area contributed by atoms with E-state index in [2.05, 4.69) is 69.4 Å². The van der Waals surface area contributed by atoms with E-state index in [4.69, 9.17) is 14.2 Å². The van der Waals surface area contributed by atoms with Crippen LogP contribution in [0.2, 0.25) is 0 Å². The highest BCUT2D eigenvalue weighted by atomic mass is 16.6. The zero-order chi connectivity index (χ0) is 41.5. The molecule has 6 nitrogen and oxygen atoms in total. The molecule has 0 saturated heterocycles. The second-order valence-electron chi connectivity index (χ2n) is 16.0. The summed E-state index contributed by atoms with van der Waals surface area (Å²) in [6, 6.07) is 0. The highest BCUT2D eigenvalue weighted by molar-refractivity contribution is 5.71. The van der Waals surface area contributed by atoms with Gasteiger partial charge in [-0.3, -0.25) is 14.4 Å². The van der Waals surface area contributed by atoms with Crippen molar-refractivity contribution in [2.45, 2.75) is 245 Å². The van der Waals surface area contributed by atoms with Gasteiger partial charge in [0.2, 0.25) is 0 Å². The summed E-state index contributed by atoms with van der Waals surface area (Å²) in [4.78, 5) is 37.8. The maximum absolute atomic E-state index is 12.7. The molecule has 6 heteroatoms. The van der Waals surface area contributed by atoms with Gasteiger partial charge in [-0.2, -0.15) is 0 Å². The van der Waals surface area contributed by atoms with Crippen molar-refractivity contribution in [3.63, 3.8) is 0 Å². The fraction of sp³-hybridized carbons (Fsp3) is 0.784. The molecule has 0 spiro atoms. The van der Waals surface area contributed by atoms with E-state index in [1.54, 1.807) is 0 Å².